The van der Waals surface area contributed by atoms with E-state index in [0.717, 1.165) is 15.2 Å². The summed E-state index contributed by atoms with van der Waals surface area (Å²) in [5.74, 6) is -0.150. The van der Waals surface area contributed by atoms with E-state index in [2.05, 4.69) is 15.3 Å². The second-order valence-electron chi connectivity index (χ2n) is 3.68. The van der Waals surface area contributed by atoms with Crippen molar-refractivity contribution in [1.29, 1.82) is 0 Å². The summed E-state index contributed by atoms with van der Waals surface area (Å²) in [7, 11) is 1.94. The van der Waals surface area contributed by atoms with Crippen molar-refractivity contribution in [2.24, 2.45) is 7.05 Å². The maximum Gasteiger partial charge on any atom is 0.271 e. The SMILES string of the molecule is CSc1nc(C(=O)NCc2cnc(SC)n2C)cs1. The van der Waals surface area contributed by atoms with Gasteiger partial charge < -0.3 is 9.88 Å². The first-order valence-electron chi connectivity index (χ1n) is 5.48. The molecule has 8 heteroatoms. The summed E-state index contributed by atoms with van der Waals surface area (Å²) in [5.41, 5.74) is 1.44. The Bertz CT molecular complexity index is 578. The number of thiazole rings is 1. The van der Waals surface area contributed by atoms with E-state index in [4.69, 9.17) is 0 Å². The van der Waals surface area contributed by atoms with E-state index < -0.39 is 0 Å². The summed E-state index contributed by atoms with van der Waals surface area (Å²) in [4.78, 5) is 20.4. The highest BCUT2D eigenvalue weighted by atomic mass is 32.2. The van der Waals surface area contributed by atoms with Crippen molar-refractivity contribution in [3.8, 4) is 0 Å². The van der Waals surface area contributed by atoms with Crippen molar-refractivity contribution >= 4 is 40.8 Å². The van der Waals surface area contributed by atoms with Crippen LogP contribution in [0.5, 0.6) is 0 Å². The van der Waals surface area contributed by atoms with Gasteiger partial charge in [-0.05, 0) is 12.5 Å². The van der Waals surface area contributed by atoms with Crippen LogP contribution in [0.15, 0.2) is 21.1 Å². The Morgan fingerprint density at radius 1 is 1.47 bits per heavy atom. The molecule has 0 aliphatic carbocycles. The van der Waals surface area contributed by atoms with Gasteiger partial charge in [0.05, 0.1) is 18.4 Å². The van der Waals surface area contributed by atoms with E-state index in [0.29, 0.717) is 12.2 Å². The van der Waals surface area contributed by atoms with E-state index in [9.17, 15) is 4.79 Å². The molecule has 1 N–H and O–H groups in total. The van der Waals surface area contributed by atoms with Gasteiger partial charge in [-0.1, -0.05) is 23.5 Å². The van der Waals surface area contributed by atoms with Crippen LogP contribution in [0.1, 0.15) is 16.2 Å². The van der Waals surface area contributed by atoms with Gasteiger partial charge in [0.25, 0.3) is 5.91 Å². The first kappa shape index (κ1) is 14.4. The molecule has 0 aliphatic rings. The molecule has 2 aromatic rings. The minimum Gasteiger partial charge on any atom is -0.345 e. The highest BCUT2D eigenvalue weighted by Gasteiger charge is 2.11. The summed E-state index contributed by atoms with van der Waals surface area (Å²) in [6, 6.07) is 0. The Hall–Kier alpha value is -0.990. The van der Waals surface area contributed by atoms with Crippen LogP contribution in [0.3, 0.4) is 0 Å². The van der Waals surface area contributed by atoms with Gasteiger partial charge in [-0.15, -0.1) is 11.3 Å². The van der Waals surface area contributed by atoms with Crippen LogP contribution in [0, 0.1) is 0 Å². The Kier molecular flexibility index (Phi) is 4.89. The molecule has 0 fully saturated rings. The van der Waals surface area contributed by atoms with Gasteiger partial charge in [0.1, 0.15) is 10.0 Å². The largest absolute Gasteiger partial charge is 0.345 e. The summed E-state index contributed by atoms with van der Waals surface area (Å²) in [6.45, 7) is 0.453. The number of rotatable bonds is 5. The molecule has 102 valence electrons. The third-order valence-corrected chi connectivity index (χ3v) is 5.15. The minimum atomic E-state index is -0.150. The smallest absolute Gasteiger partial charge is 0.271 e. The van der Waals surface area contributed by atoms with Gasteiger partial charge >= 0.3 is 0 Å². The molecule has 2 rings (SSSR count). The fraction of sp³-hybridized carbons (Fsp3) is 0.364. The molecule has 0 spiro atoms. The summed E-state index contributed by atoms with van der Waals surface area (Å²) >= 11 is 4.60. The van der Waals surface area contributed by atoms with Crippen molar-refractivity contribution in [3.05, 3.63) is 23.0 Å². The molecule has 2 heterocycles. The van der Waals surface area contributed by atoms with Crippen molar-refractivity contribution in [3.63, 3.8) is 0 Å². The fourth-order valence-corrected chi connectivity index (χ4v) is 3.29. The number of hydrogen-bond acceptors (Lipinski definition) is 6. The molecule has 0 saturated carbocycles. The van der Waals surface area contributed by atoms with E-state index in [-0.39, 0.29) is 5.91 Å². The number of carbonyl (C=O) groups is 1. The van der Waals surface area contributed by atoms with Gasteiger partial charge in [0.2, 0.25) is 0 Å². The number of nitrogens with one attached hydrogen (secondary N) is 1. The van der Waals surface area contributed by atoms with Crippen molar-refractivity contribution in [1.82, 2.24) is 19.9 Å². The van der Waals surface area contributed by atoms with Crippen molar-refractivity contribution < 1.29 is 4.79 Å². The van der Waals surface area contributed by atoms with Gasteiger partial charge in [-0.2, -0.15) is 0 Å². The Labute approximate surface area is 124 Å². The summed E-state index contributed by atoms with van der Waals surface area (Å²) in [5, 5.41) is 5.57. The molecular formula is C11H14N4OS3. The number of carbonyl (C=O) groups excluding carboxylic acids is 1. The maximum absolute atomic E-state index is 11.9. The average Bonchev–Trinajstić information content (AvgIpc) is 3.03. The number of aromatic nitrogens is 3. The van der Waals surface area contributed by atoms with E-state index in [1.165, 1.54) is 11.3 Å². The molecule has 0 radical (unpaired) electrons. The Morgan fingerprint density at radius 3 is 2.84 bits per heavy atom. The topological polar surface area (TPSA) is 59.8 Å². The predicted molar refractivity (Wildman–Crippen MR) is 80.1 cm³/mol. The van der Waals surface area contributed by atoms with Gasteiger partial charge in [0.15, 0.2) is 5.16 Å². The normalized spacial score (nSPS) is 10.7. The van der Waals surface area contributed by atoms with Gasteiger partial charge in [0, 0.05) is 12.4 Å². The highest BCUT2D eigenvalue weighted by Crippen LogP contribution is 2.19. The predicted octanol–water partition coefficient (Wildman–Crippen LogP) is 2.25. The lowest BCUT2D eigenvalue weighted by Crippen LogP contribution is -2.24. The zero-order chi connectivity index (χ0) is 13.8. The lowest BCUT2D eigenvalue weighted by atomic mass is 10.4. The molecule has 0 atom stereocenters. The van der Waals surface area contributed by atoms with E-state index >= 15 is 0 Å². The molecule has 19 heavy (non-hydrogen) atoms. The third kappa shape index (κ3) is 3.31. The number of nitrogens with zero attached hydrogens (tertiary/aromatic N) is 3. The zero-order valence-corrected chi connectivity index (χ0v) is 13.3. The van der Waals surface area contributed by atoms with Crippen LogP contribution in [0.25, 0.3) is 0 Å². The monoisotopic (exact) mass is 314 g/mol. The molecule has 0 bridgehead atoms. The standard InChI is InChI=1S/C11H14N4OS3/c1-15-7(5-13-10(15)17-2)4-12-9(16)8-6-19-11(14-8)18-3/h5-6H,4H2,1-3H3,(H,12,16). The summed E-state index contributed by atoms with van der Waals surface area (Å²) < 4.78 is 2.87. The van der Waals surface area contributed by atoms with E-state index in [1.54, 1.807) is 35.1 Å². The van der Waals surface area contributed by atoms with Crippen LogP contribution in [0.4, 0.5) is 0 Å². The zero-order valence-electron chi connectivity index (χ0n) is 10.8. The van der Waals surface area contributed by atoms with Crippen molar-refractivity contribution in [2.75, 3.05) is 12.5 Å². The number of imidazole rings is 1. The van der Waals surface area contributed by atoms with Gasteiger partial charge in [-0.3, -0.25) is 4.79 Å². The number of hydrogen-bond donors (Lipinski definition) is 1. The second kappa shape index (κ2) is 6.44. The van der Waals surface area contributed by atoms with Crippen LogP contribution in [-0.2, 0) is 13.6 Å². The van der Waals surface area contributed by atoms with Crippen molar-refractivity contribution in [2.45, 2.75) is 16.0 Å². The molecule has 5 nitrogen and oxygen atoms in total. The molecule has 1 amide bonds. The van der Waals surface area contributed by atoms with Crippen LogP contribution < -0.4 is 5.32 Å². The molecule has 0 aromatic carbocycles. The maximum atomic E-state index is 11.9. The molecule has 0 aliphatic heterocycles. The Balaban J connectivity index is 1.98. The third-order valence-electron chi connectivity index (χ3n) is 2.54. The second-order valence-corrected chi connectivity index (χ2v) is 6.37. The molecule has 0 unspecified atom stereocenters. The lowest BCUT2D eigenvalue weighted by Gasteiger charge is -2.05. The van der Waals surface area contributed by atoms with E-state index in [1.807, 2.05) is 24.1 Å². The minimum absolute atomic E-state index is 0.150. The number of amides is 1. The van der Waals surface area contributed by atoms with Gasteiger partial charge in [-0.25, -0.2) is 9.97 Å². The van der Waals surface area contributed by atoms with Crippen LogP contribution in [-0.4, -0.2) is 33.0 Å². The van der Waals surface area contributed by atoms with Crippen LogP contribution >= 0.6 is 34.9 Å². The highest BCUT2D eigenvalue weighted by molar-refractivity contribution is 8.00. The Morgan fingerprint density at radius 2 is 2.26 bits per heavy atom. The number of thioether (sulfide) groups is 2. The fourth-order valence-electron chi connectivity index (χ4n) is 1.50. The quantitative estimate of drug-likeness (QED) is 0.858. The molecular weight excluding hydrogens is 300 g/mol. The lowest BCUT2D eigenvalue weighted by molar-refractivity contribution is 0.0945. The average molecular weight is 314 g/mol. The first-order valence-corrected chi connectivity index (χ1v) is 8.81. The van der Waals surface area contributed by atoms with Crippen LogP contribution in [0.2, 0.25) is 0 Å². The molecule has 0 saturated heterocycles. The molecule has 2 aromatic heterocycles. The first-order chi connectivity index (χ1) is 9.15. The summed E-state index contributed by atoms with van der Waals surface area (Å²) in [6.07, 6.45) is 5.70.